The van der Waals surface area contributed by atoms with E-state index in [0.717, 1.165) is 17.5 Å². The minimum Gasteiger partial charge on any atom is -0.345 e. The van der Waals surface area contributed by atoms with E-state index in [0.29, 0.717) is 11.3 Å². The van der Waals surface area contributed by atoms with Crippen molar-refractivity contribution in [3.8, 4) is 0 Å². The number of anilines is 1. The second kappa shape index (κ2) is 8.92. The number of carbonyl (C=O) groups is 1. The quantitative estimate of drug-likeness (QED) is 0.596. The molecule has 6 heteroatoms. The Labute approximate surface area is 171 Å². The smallest absolute Gasteiger partial charge is 0.261 e. The number of aryl methyl sites for hydroxylation is 1. The average Bonchev–Trinajstić information content (AvgIpc) is 2.74. The van der Waals surface area contributed by atoms with Gasteiger partial charge in [0.2, 0.25) is 0 Å². The summed E-state index contributed by atoms with van der Waals surface area (Å²) < 4.78 is 27.9. The fourth-order valence-corrected chi connectivity index (χ4v) is 4.17. The second-order valence-corrected chi connectivity index (χ2v) is 8.48. The third kappa shape index (κ3) is 5.03. The normalized spacial score (nSPS) is 12.2. The lowest BCUT2D eigenvalue weighted by atomic mass is 10.0. The summed E-state index contributed by atoms with van der Waals surface area (Å²) in [6.45, 7) is 3.80. The van der Waals surface area contributed by atoms with E-state index in [4.69, 9.17) is 0 Å². The van der Waals surface area contributed by atoms with Crippen LogP contribution >= 0.6 is 0 Å². The van der Waals surface area contributed by atoms with E-state index in [2.05, 4.69) is 10.0 Å². The summed E-state index contributed by atoms with van der Waals surface area (Å²) in [5.41, 5.74) is 2.54. The average molecular weight is 409 g/mol. The topological polar surface area (TPSA) is 75.3 Å². The molecule has 0 aromatic heterocycles. The van der Waals surface area contributed by atoms with Crippen LogP contribution < -0.4 is 10.0 Å². The third-order valence-corrected chi connectivity index (χ3v) is 6.09. The maximum Gasteiger partial charge on any atom is 0.261 e. The van der Waals surface area contributed by atoms with Crippen LogP contribution in [0.5, 0.6) is 0 Å². The van der Waals surface area contributed by atoms with E-state index in [1.54, 1.807) is 43.3 Å². The van der Waals surface area contributed by atoms with Crippen molar-refractivity contribution in [2.24, 2.45) is 0 Å². The van der Waals surface area contributed by atoms with Gasteiger partial charge in [0.05, 0.1) is 16.6 Å². The van der Waals surface area contributed by atoms with E-state index in [-0.39, 0.29) is 16.8 Å². The van der Waals surface area contributed by atoms with Crippen molar-refractivity contribution >= 4 is 21.6 Å². The molecular weight excluding hydrogens is 384 g/mol. The maximum atomic E-state index is 12.8. The Balaban J connectivity index is 1.82. The van der Waals surface area contributed by atoms with Crippen LogP contribution in [-0.4, -0.2) is 14.3 Å². The molecule has 29 heavy (non-hydrogen) atoms. The SMILES string of the molecule is CC[C@H](NC(=O)c1ccc(C)c(NS(=O)(=O)c2ccccc2)c1)c1ccccc1. The molecule has 0 fully saturated rings. The predicted molar refractivity (Wildman–Crippen MR) is 115 cm³/mol. The van der Waals surface area contributed by atoms with Crippen molar-refractivity contribution in [2.75, 3.05) is 4.72 Å². The molecule has 0 saturated heterocycles. The standard InChI is InChI=1S/C23H24N2O3S/c1-3-21(18-10-6-4-7-11-18)24-23(26)19-15-14-17(2)22(16-19)25-29(27,28)20-12-8-5-9-13-20/h4-16,21,25H,3H2,1-2H3,(H,24,26)/t21-/m0/s1. The summed E-state index contributed by atoms with van der Waals surface area (Å²) in [7, 11) is -3.73. The minimum atomic E-state index is -3.73. The zero-order valence-corrected chi connectivity index (χ0v) is 17.2. The summed E-state index contributed by atoms with van der Waals surface area (Å²) in [4.78, 5) is 13.0. The highest BCUT2D eigenvalue weighted by Gasteiger charge is 2.18. The number of hydrogen-bond donors (Lipinski definition) is 2. The van der Waals surface area contributed by atoms with E-state index < -0.39 is 10.0 Å². The van der Waals surface area contributed by atoms with Crippen LogP contribution in [-0.2, 0) is 10.0 Å². The van der Waals surface area contributed by atoms with E-state index in [1.807, 2.05) is 37.3 Å². The van der Waals surface area contributed by atoms with Crippen molar-refractivity contribution in [1.29, 1.82) is 0 Å². The first-order chi connectivity index (χ1) is 13.9. The molecule has 2 N–H and O–H groups in total. The van der Waals surface area contributed by atoms with Gasteiger partial charge in [0.15, 0.2) is 0 Å². The van der Waals surface area contributed by atoms with Crippen molar-refractivity contribution < 1.29 is 13.2 Å². The molecule has 0 unspecified atom stereocenters. The van der Waals surface area contributed by atoms with Crippen LogP contribution in [0.2, 0.25) is 0 Å². The Morgan fingerprint density at radius 2 is 1.55 bits per heavy atom. The molecule has 0 saturated carbocycles. The molecule has 0 spiro atoms. The van der Waals surface area contributed by atoms with E-state index in [1.165, 1.54) is 12.1 Å². The molecule has 150 valence electrons. The van der Waals surface area contributed by atoms with Crippen LogP contribution in [0, 0.1) is 6.92 Å². The molecule has 0 aliphatic rings. The minimum absolute atomic E-state index is 0.116. The molecule has 3 aromatic rings. The fourth-order valence-electron chi connectivity index (χ4n) is 3.02. The summed E-state index contributed by atoms with van der Waals surface area (Å²) in [5, 5.41) is 3.02. The lowest BCUT2D eigenvalue weighted by Gasteiger charge is -2.18. The molecule has 3 aromatic carbocycles. The number of sulfonamides is 1. The molecular formula is C23H24N2O3S. The van der Waals surface area contributed by atoms with E-state index in [9.17, 15) is 13.2 Å². The number of rotatable bonds is 7. The zero-order chi connectivity index (χ0) is 20.9. The number of carbonyl (C=O) groups excluding carboxylic acids is 1. The summed E-state index contributed by atoms with van der Waals surface area (Å²) in [6, 6.07) is 22.8. The molecule has 1 amide bonds. The molecule has 5 nitrogen and oxygen atoms in total. The van der Waals surface area contributed by atoms with Gasteiger partial charge >= 0.3 is 0 Å². The Hall–Kier alpha value is -3.12. The first kappa shape index (κ1) is 20.6. The highest BCUT2D eigenvalue weighted by molar-refractivity contribution is 7.92. The highest BCUT2D eigenvalue weighted by Crippen LogP contribution is 2.22. The maximum absolute atomic E-state index is 12.8. The molecule has 0 bridgehead atoms. The highest BCUT2D eigenvalue weighted by atomic mass is 32.2. The van der Waals surface area contributed by atoms with Crippen LogP contribution in [0.3, 0.4) is 0 Å². The van der Waals surface area contributed by atoms with Gasteiger partial charge in [-0.05, 0) is 48.7 Å². The monoisotopic (exact) mass is 408 g/mol. The van der Waals surface area contributed by atoms with Crippen molar-refractivity contribution in [3.63, 3.8) is 0 Å². The largest absolute Gasteiger partial charge is 0.345 e. The third-order valence-electron chi connectivity index (χ3n) is 4.71. The number of benzene rings is 3. The first-order valence-electron chi connectivity index (χ1n) is 9.45. The van der Waals surface area contributed by atoms with Gasteiger partial charge in [-0.25, -0.2) is 8.42 Å². The van der Waals surface area contributed by atoms with Gasteiger partial charge in [-0.1, -0.05) is 61.5 Å². The molecule has 3 rings (SSSR count). The first-order valence-corrected chi connectivity index (χ1v) is 10.9. The van der Waals surface area contributed by atoms with Crippen LogP contribution in [0.4, 0.5) is 5.69 Å². The van der Waals surface area contributed by atoms with Gasteiger partial charge in [-0.3, -0.25) is 9.52 Å². The molecule has 0 aliphatic heterocycles. The zero-order valence-electron chi connectivity index (χ0n) is 16.4. The van der Waals surface area contributed by atoms with Gasteiger partial charge in [-0.15, -0.1) is 0 Å². The van der Waals surface area contributed by atoms with Gasteiger partial charge in [-0.2, -0.15) is 0 Å². The summed E-state index contributed by atoms with van der Waals surface area (Å²) >= 11 is 0. The Morgan fingerprint density at radius 1 is 0.931 bits per heavy atom. The Morgan fingerprint density at radius 3 is 2.17 bits per heavy atom. The van der Waals surface area contributed by atoms with Crippen LogP contribution in [0.1, 0.15) is 40.9 Å². The van der Waals surface area contributed by atoms with Gasteiger partial charge in [0.1, 0.15) is 0 Å². The molecule has 0 radical (unpaired) electrons. The van der Waals surface area contributed by atoms with Gasteiger partial charge in [0, 0.05) is 5.56 Å². The van der Waals surface area contributed by atoms with Gasteiger partial charge < -0.3 is 5.32 Å². The second-order valence-electron chi connectivity index (χ2n) is 6.79. The predicted octanol–water partition coefficient (Wildman–Crippen LogP) is 4.68. The Kier molecular flexibility index (Phi) is 6.34. The fraction of sp³-hybridized carbons (Fsp3) is 0.174. The van der Waals surface area contributed by atoms with Crippen LogP contribution in [0.25, 0.3) is 0 Å². The number of hydrogen-bond acceptors (Lipinski definition) is 3. The van der Waals surface area contributed by atoms with Crippen LogP contribution in [0.15, 0.2) is 83.8 Å². The van der Waals surface area contributed by atoms with Gasteiger partial charge in [0.25, 0.3) is 15.9 Å². The van der Waals surface area contributed by atoms with Crippen molar-refractivity contribution in [1.82, 2.24) is 5.32 Å². The lowest BCUT2D eigenvalue weighted by Crippen LogP contribution is -2.28. The molecule has 0 heterocycles. The Bertz CT molecular complexity index is 1080. The lowest BCUT2D eigenvalue weighted by molar-refractivity contribution is 0.0935. The van der Waals surface area contributed by atoms with Crippen molar-refractivity contribution in [2.45, 2.75) is 31.2 Å². The van der Waals surface area contributed by atoms with E-state index >= 15 is 0 Å². The van der Waals surface area contributed by atoms with Crippen molar-refractivity contribution in [3.05, 3.63) is 95.6 Å². The number of nitrogens with one attached hydrogen (secondary N) is 2. The summed E-state index contributed by atoms with van der Waals surface area (Å²) in [5.74, 6) is -0.249. The molecule has 0 aliphatic carbocycles. The molecule has 1 atom stereocenters. The summed E-state index contributed by atoms with van der Waals surface area (Å²) in [6.07, 6.45) is 0.745. The number of amides is 1.